The van der Waals surface area contributed by atoms with Gasteiger partial charge in [0.25, 0.3) is 0 Å². The van der Waals surface area contributed by atoms with Crippen LogP contribution in [0.15, 0.2) is 10.7 Å². The Balaban J connectivity index is 2.13. The second-order valence-corrected chi connectivity index (χ2v) is 5.88. The highest BCUT2D eigenvalue weighted by Gasteiger charge is 2.31. The SMILES string of the molecule is CCn1ncc(Br)c1C(O)C(O)C1CCCCC1. The van der Waals surface area contributed by atoms with Crippen molar-refractivity contribution in [2.45, 2.75) is 57.8 Å². The van der Waals surface area contributed by atoms with Gasteiger partial charge in [0.2, 0.25) is 0 Å². The summed E-state index contributed by atoms with van der Waals surface area (Å²) in [6, 6.07) is 0. The Kier molecular flexibility index (Phi) is 4.81. The van der Waals surface area contributed by atoms with Crippen molar-refractivity contribution in [1.29, 1.82) is 0 Å². The highest BCUT2D eigenvalue weighted by molar-refractivity contribution is 9.10. The fraction of sp³-hybridized carbons (Fsp3) is 0.769. The Labute approximate surface area is 116 Å². The monoisotopic (exact) mass is 316 g/mol. The molecule has 0 spiro atoms. The van der Waals surface area contributed by atoms with Gasteiger partial charge in [0.1, 0.15) is 6.10 Å². The van der Waals surface area contributed by atoms with Gasteiger partial charge in [-0.05, 0) is 41.6 Å². The molecule has 1 aromatic heterocycles. The van der Waals surface area contributed by atoms with E-state index in [0.717, 1.165) is 30.2 Å². The normalized spacial score (nSPS) is 20.9. The van der Waals surface area contributed by atoms with E-state index in [9.17, 15) is 10.2 Å². The summed E-state index contributed by atoms with van der Waals surface area (Å²) in [5, 5.41) is 24.9. The lowest BCUT2D eigenvalue weighted by Crippen LogP contribution is -2.30. The maximum absolute atomic E-state index is 10.4. The molecule has 0 bridgehead atoms. The van der Waals surface area contributed by atoms with Gasteiger partial charge < -0.3 is 10.2 Å². The van der Waals surface area contributed by atoms with Crippen LogP contribution in [0.4, 0.5) is 0 Å². The van der Waals surface area contributed by atoms with E-state index >= 15 is 0 Å². The first-order valence-electron chi connectivity index (χ1n) is 6.72. The summed E-state index contributed by atoms with van der Waals surface area (Å²) in [6.45, 7) is 2.66. The highest BCUT2D eigenvalue weighted by atomic mass is 79.9. The fourth-order valence-electron chi connectivity index (χ4n) is 2.81. The van der Waals surface area contributed by atoms with Gasteiger partial charge in [-0.2, -0.15) is 5.10 Å². The van der Waals surface area contributed by atoms with Crippen molar-refractivity contribution in [3.05, 3.63) is 16.4 Å². The highest BCUT2D eigenvalue weighted by Crippen LogP contribution is 2.34. The van der Waals surface area contributed by atoms with E-state index in [2.05, 4.69) is 21.0 Å². The number of hydrogen-bond acceptors (Lipinski definition) is 3. The van der Waals surface area contributed by atoms with E-state index in [-0.39, 0.29) is 5.92 Å². The molecule has 5 heteroatoms. The minimum atomic E-state index is -0.857. The number of aliphatic hydroxyl groups is 2. The topological polar surface area (TPSA) is 58.3 Å². The number of halogens is 1. The van der Waals surface area contributed by atoms with Crippen molar-refractivity contribution in [3.8, 4) is 0 Å². The van der Waals surface area contributed by atoms with Crippen molar-refractivity contribution < 1.29 is 10.2 Å². The molecule has 2 atom stereocenters. The van der Waals surface area contributed by atoms with Crippen LogP contribution < -0.4 is 0 Å². The van der Waals surface area contributed by atoms with Gasteiger partial charge in [-0.25, -0.2) is 0 Å². The summed E-state index contributed by atoms with van der Waals surface area (Å²) in [4.78, 5) is 0. The Morgan fingerprint density at radius 2 is 2.06 bits per heavy atom. The van der Waals surface area contributed by atoms with E-state index in [1.165, 1.54) is 6.42 Å². The third kappa shape index (κ3) is 2.78. The maximum atomic E-state index is 10.4. The lowest BCUT2D eigenvalue weighted by atomic mass is 9.83. The van der Waals surface area contributed by atoms with Crippen molar-refractivity contribution in [1.82, 2.24) is 9.78 Å². The minimum Gasteiger partial charge on any atom is -0.390 e. The van der Waals surface area contributed by atoms with Gasteiger partial charge in [0.05, 0.1) is 22.5 Å². The van der Waals surface area contributed by atoms with E-state index < -0.39 is 12.2 Å². The van der Waals surface area contributed by atoms with Crippen LogP contribution in [0.5, 0.6) is 0 Å². The molecule has 0 aliphatic heterocycles. The second kappa shape index (κ2) is 6.17. The number of aliphatic hydroxyl groups excluding tert-OH is 2. The first kappa shape index (κ1) is 14.0. The third-order valence-corrected chi connectivity index (χ3v) is 4.48. The Bertz CT molecular complexity index is 388. The molecular weight excluding hydrogens is 296 g/mol. The molecule has 1 aromatic rings. The molecule has 0 saturated heterocycles. The average molecular weight is 317 g/mol. The van der Waals surface area contributed by atoms with Gasteiger partial charge in [0.15, 0.2) is 0 Å². The average Bonchev–Trinajstić information content (AvgIpc) is 2.79. The van der Waals surface area contributed by atoms with Crippen molar-refractivity contribution >= 4 is 15.9 Å². The van der Waals surface area contributed by atoms with E-state index in [4.69, 9.17) is 0 Å². The smallest absolute Gasteiger partial charge is 0.123 e. The van der Waals surface area contributed by atoms with Crippen LogP contribution >= 0.6 is 15.9 Å². The first-order chi connectivity index (χ1) is 8.65. The zero-order valence-electron chi connectivity index (χ0n) is 10.7. The van der Waals surface area contributed by atoms with Crippen molar-refractivity contribution in [2.75, 3.05) is 0 Å². The summed E-state index contributed by atoms with van der Waals surface area (Å²) in [7, 11) is 0. The molecule has 102 valence electrons. The molecule has 0 amide bonds. The molecule has 1 aliphatic rings. The van der Waals surface area contributed by atoms with E-state index in [0.29, 0.717) is 12.2 Å². The predicted molar refractivity (Wildman–Crippen MR) is 73.1 cm³/mol. The van der Waals surface area contributed by atoms with E-state index in [1.54, 1.807) is 10.9 Å². The summed E-state index contributed by atoms with van der Waals surface area (Å²) >= 11 is 3.40. The summed E-state index contributed by atoms with van der Waals surface area (Å²) in [5.41, 5.74) is 0.690. The molecule has 0 aromatic carbocycles. The standard InChI is InChI=1S/C13H21BrN2O2/c1-2-16-11(10(14)8-15-16)13(18)12(17)9-6-4-3-5-7-9/h8-9,12-13,17-18H,2-7H2,1H3. The Hall–Kier alpha value is -0.390. The molecule has 1 aliphatic carbocycles. The largest absolute Gasteiger partial charge is 0.390 e. The molecule has 18 heavy (non-hydrogen) atoms. The van der Waals surface area contributed by atoms with Gasteiger partial charge >= 0.3 is 0 Å². The van der Waals surface area contributed by atoms with Gasteiger partial charge in [0, 0.05) is 6.54 Å². The molecule has 1 heterocycles. The maximum Gasteiger partial charge on any atom is 0.123 e. The summed E-state index contributed by atoms with van der Waals surface area (Å²) in [6.07, 6.45) is 5.71. The molecule has 2 rings (SSSR count). The fourth-order valence-corrected chi connectivity index (χ4v) is 3.34. The van der Waals surface area contributed by atoms with Crippen LogP contribution in [0.2, 0.25) is 0 Å². The number of nitrogens with zero attached hydrogens (tertiary/aromatic N) is 2. The zero-order chi connectivity index (χ0) is 13.1. The molecule has 0 radical (unpaired) electrons. The van der Waals surface area contributed by atoms with Crippen LogP contribution in [0.25, 0.3) is 0 Å². The van der Waals surface area contributed by atoms with Crippen LogP contribution in [0, 0.1) is 5.92 Å². The zero-order valence-corrected chi connectivity index (χ0v) is 12.3. The number of aryl methyl sites for hydroxylation is 1. The molecule has 2 N–H and O–H groups in total. The lowest BCUT2D eigenvalue weighted by molar-refractivity contribution is -0.0328. The molecule has 1 saturated carbocycles. The summed E-state index contributed by atoms with van der Waals surface area (Å²) in [5.74, 6) is 0.209. The van der Waals surface area contributed by atoms with Crippen molar-refractivity contribution in [2.24, 2.45) is 5.92 Å². The molecular formula is C13H21BrN2O2. The number of aromatic nitrogens is 2. The van der Waals surface area contributed by atoms with Crippen LogP contribution in [-0.4, -0.2) is 26.1 Å². The summed E-state index contributed by atoms with van der Waals surface area (Å²) < 4.78 is 2.51. The molecule has 1 fully saturated rings. The predicted octanol–water partition coefficient (Wildman–Crippen LogP) is 2.64. The van der Waals surface area contributed by atoms with Gasteiger partial charge in [-0.15, -0.1) is 0 Å². The minimum absolute atomic E-state index is 0.209. The number of rotatable bonds is 4. The second-order valence-electron chi connectivity index (χ2n) is 5.03. The Morgan fingerprint density at radius 1 is 1.39 bits per heavy atom. The van der Waals surface area contributed by atoms with Crippen LogP contribution in [0.1, 0.15) is 50.8 Å². The lowest BCUT2D eigenvalue weighted by Gasteiger charge is -2.30. The molecule has 2 unspecified atom stereocenters. The number of hydrogen-bond donors (Lipinski definition) is 2. The first-order valence-corrected chi connectivity index (χ1v) is 7.51. The molecule has 4 nitrogen and oxygen atoms in total. The quantitative estimate of drug-likeness (QED) is 0.897. The van der Waals surface area contributed by atoms with E-state index in [1.807, 2.05) is 6.92 Å². The van der Waals surface area contributed by atoms with Crippen molar-refractivity contribution in [3.63, 3.8) is 0 Å². The van der Waals surface area contributed by atoms with Gasteiger partial charge in [-0.1, -0.05) is 19.3 Å². The van der Waals surface area contributed by atoms with Crippen LogP contribution in [-0.2, 0) is 6.54 Å². The third-order valence-electron chi connectivity index (χ3n) is 3.87. The Morgan fingerprint density at radius 3 is 2.67 bits per heavy atom. The van der Waals surface area contributed by atoms with Gasteiger partial charge in [-0.3, -0.25) is 4.68 Å². The van der Waals surface area contributed by atoms with Crippen LogP contribution in [0.3, 0.4) is 0 Å².